The monoisotopic (exact) mass is 279 g/mol. The molecule has 0 fully saturated rings. The summed E-state index contributed by atoms with van der Waals surface area (Å²) in [6.07, 6.45) is 4.82. The molecule has 0 unspecified atom stereocenters. The number of nitrogens with one attached hydrogen (secondary N) is 2. The van der Waals surface area contributed by atoms with E-state index in [9.17, 15) is 9.59 Å². The number of hydrogen-bond donors (Lipinski definition) is 2. The number of rotatable bonds is 2. The first-order chi connectivity index (χ1) is 10.1. The molecule has 0 aliphatic carbocycles. The zero-order valence-electron chi connectivity index (χ0n) is 11.4. The lowest BCUT2D eigenvalue weighted by atomic mass is 10.1. The van der Waals surface area contributed by atoms with Crippen molar-refractivity contribution in [2.24, 2.45) is 0 Å². The van der Waals surface area contributed by atoms with Gasteiger partial charge in [-0.15, -0.1) is 0 Å². The van der Waals surface area contributed by atoms with Crippen LogP contribution in [0.25, 0.3) is 10.8 Å². The van der Waals surface area contributed by atoms with Crippen molar-refractivity contribution < 1.29 is 4.79 Å². The molecule has 0 saturated carbocycles. The van der Waals surface area contributed by atoms with E-state index in [1.54, 1.807) is 25.4 Å². The predicted molar refractivity (Wildman–Crippen MR) is 81.5 cm³/mol. The van der Waals surface area contributed by atoms with Gasteiger partial charge in [-0.3, -0.25) is 14.6 Å². The number of carbonyl (C=O) groups is 1. The predicted octanol–water partition coefficient (Wildman–Crippen LogP) is 2.48. The molecule has 21 heavy (non-hydrogen) atoms. The second-order valence-corrected chi connectivity index (χ2v) is 4.75. The molecule has 1 amide bonds. The lowest BCUT2D eigenvalue weighted by molar-refractivity contribution is 0.102. The highest BCUT2D eigenvalue weighted by molar-refractivity contribution is 6.08. The molecule has 0 spiro atoms. The first-order valence-corrected chi connectivity index (χ1v) is 6.48. The summed E-state index contributed by atoms with van der Waals surface area (Å²) in [4.78, 5) is 31.0. The molecule has 5 nitrogen and oxygen atoms in total. The highest BCUT2D eigenvalue weighted by Gasteiger charge is 2.11. The van der Waals surface area contributed by atoms with Gasteiger partial charge in [0.25, 0.3) is 5.91 Å². The lowest BCUT2D eigenvalue weighted by Gasteiger charge is -2.08. The van der Waals surface area contributed by atoms with Gasteiger partial charge in [-0.25, -0.2) is 0 Å². The van der Waals surface area contributed by atoms with Crippen molar-refractivity contribution >= 4 is 22.4 Å². The van der Waals surface area contributed by atoms with Crippen LogP contribution in [-0.4, -0.2) is 15.9 Å². The summed E-state index contributed by atoms with van der Waals surface area (Å²) >= 11 is 0. The number of anilines is 1. The van der Waals surface area contributed by atoms with Gasteiger partial charge >= 0.3 is 0 Å². The Kier molecular flexibility index (Phi) is 3.23. The molecule has 5 heteroatoms. The van der Waals surface area contributed by atoms with Crippen LogP contribution in [0.15, 0.2) is 53.7 Å². The summed E-state index contributed by atoms with van der Waals surface area (Å²) in [6, 6.07) is 8.77. The van der Waals surface area contributed by atoms with Crippen LogP contribution in [0.1, 0.15) is 16.1 Å². The van der Waals surface area contributed by atoms with E-state index in [2.05, 4.69) is 15.3 Å². The number of hydrogen-bond acceptors (Lipinski definition) is 3. The summed E-state index contributed by atoms with van der Waals surface area (Å²) in [5.41, 5.74) is 1.16. The summed E-state index contributed by atoms with van der Waals surface area (Å²) in [7, 11) is 0. The molecule has 3 aromatic rings. The van der Waals surface area contributed by atoms with Gasteiger partial charge in [0.1, 0.15) is 5.56 Å². The molecule has 0 saturated heterocycles. The van der Waals surface area contributed by atoms with Gasteiger partial charge in [0.15, 0.2) is 5.43 Å². The first kappa shape index (κ1) is 13.1. The second-order valence-electron chi connectivity index (χ2n) is 4.75. The average molecular weight is 279 g/mol. The van der Waals surface area contributed by atoms with Crippen molar-refractivity contribution in [3.63, 3.8) is 0 Å². The van der Waals surface area contributed by atoms with Gasteiger partial charge in [0, 0.05) is 46.8 Å². The third-order valence-electron chi connectivity index (χ3n) is 3.23. The minimum absolute atomic E-state index is 0.0895. The number of aryl methyl sites for hydroxylation is 1. The Morgan fingerprint density at radius 2 is 2.14 bits per heavy atom. The third kappa shape index (κ3) is 2.53. The maximum atomic E-state index is 12.2. The molecule has 0 aliphatic rings. The van der Waals surface area contributed by atoms with Crippen molar-refractivity contribution in [2.45, 2.75) is 6.92 Å². The molecule has 3 rings (SSSR count). The number of nitrogens with zero attached hydrogens (tertiary/aromatic N) is 1. The van der Waals surface area contributed by atoms with Crippen LogP contribution in [0.5, 0.6) is 0 Å². The molecule has 2 heterocycles. The second kappa shape index (κ2) is 5.20. The summed E-state index contributed by atoms with van der Waals surface area (Å²) in [6.45, 7) is 1.76. The summed E-state index contributed by atoms with van der Waals surface area (Å²) < 4.78 is 0. The van der Waals surface area contributed by atoms with E-state index in [1.807, 2.05) is 18.2 Å². The molecule has 0 atom stereocenters. The fraction of sp³-hybridized carbons (Fsp3) is 0.0625. The standard InChI is InChI=1S/C16H13N3O2/c1-10-7-15(20)13(9-18-10)16(21)19-14-4-2-3-11-8-17-6-5-12(11)14/h2-9H,1H3,(H,18,20)(H,19,21). The van der Waals surface area contributed by atoms with E-state index >= 15 is 0 Å². The largest absolute Gasteiger partial charge is 0.364 e. The maximum absolute atomic E-state index is 12.2. The average Bonchev–Trinajstić information content (AvgIpc) is 2.47. The van der Waals surface area contributed by atoms with E-state index in [1.165, 1.54) is 12.3 Å². The molecule has 104 valence electrons. The Morgan fingerprint density at radius 1 is 1.29 bits per heavy atom. The number of fused-ring (bicyclic) bond motifs is 1. The van der Waals surface area contributed by atoms with Crippen LogP contribution in [0.3, 0.4) is 0 Å². The fourth-order valence-electron chi connectivity index (χ4n) is 2.17. The van der Waals surface area contributed by atoms with E-state index in [-0.39, 0.29) is 11.0 Å². The Morgan fingerprint density at radius 3 is 2.95 bits per heavy atom. The van der Waals surface area contributed by atoms with Gasteiger partial charge < -0.3 is 10.3 Å². The van der Waals surface area contributed by atoms with Gasteiger partial charge in [-0.2, -0.15) is 0 Å². The Bertz CT molecular complexity index is 879. The zero-order valence-corrected chi connectivity index (χ0v) is 11.4. The van der Waals surface area contributed by atoms with Gasteiger partial charge in [-0.1, -0.05) is 12.1 Å². The number of aromatic nitrogens is 2. The minimum Gasteiger partial charge on any atom is -0.364 e. The minimum atomic E-state index is -0.430. The molecule has 2 N–H and O–H groups in total. The Balaban J connectivity index is 1.99. The van der Waals surface area contributed by atoms with E-state index in [0.29, 0.717) is 11.4 Å². The van der Waals surface area contributed by atoms with Crippen LogP contribution in [0.4, 0.5) is 5.69 Å². The molecule has 1 aromatic carbocycles. The van der Waals surface area contributed by atoms with E-state index in [0.717, 1.165) is 10.8 Å². The van der Waals surface area contributed by atoms with Crippen molar-refractivity contribution in [2.75, 3.05) is 5.32 Å². The lowest BCUT2D eigenvalue weighted by Crippen LogP contribution is -2.21. The number of pyridine rings is 2. The SMILES string of the molecule is Cc1cc(=O)c(C(=O)Nc2cccc3cnccc23)c[nH]1. The number of carbonyl (C=O) groups excluding carboxylic acids is 1. The van der Waals surface area contributed by atoms with Gasteiger partial charge in [0.2, 0.25) is 0 Å². The number of amides is 1. The van der Waals surface area contributed by atoms with Crippen molar-refractivity contribution in [3.8, 4) is 0 Å². The molecule has 0 radical (unpaired) electrons. The van der Waals surface area contributed by atoms with Crippen molar-refractivity contribution in [1.82, 2.24) is 9.97 Å². The van der Waals surface area contributed by atoms with Crippen LogP contribution in [-0.2, 0) is 0 Å². The molecular formula is C16H13N3O2. The van der Waals surface area contributed by atoms with Crippen molar-refractivity contribution in [1.29, 1.82) is 0 Å². The highest BCUT2D eigenvalue weighted by atomic mass is 16.2. The number of aromatic amines is 1. The van der Waals surface area contributed by atoms with Crippen LogP contribution >= 0.6 is 0 Å². The van der Waals surface area contributed by atoms with Crippen LogP contribution < -0.4 is 10.7 Å². The third-order valence-corrected chi connectivity index (χ3v) is 3.23. The van der Waals surface area contributed by atoms with Crippen LogP contribution in [0.2, 0.25) is 0 Å². The first-order valence-electron chi connectivity index (χ1n) is 6.48. The van der Waals surface area contributed by atoms with E-state index < -0.39 is 5.91 Å². The fourth-order valence-corrected chi connectivity index (χ4v) is 2.17. The van der Waals surface area contributed by atoms with Gasteiger partial charge in [-0.05, 0) is 19.1 Å². The Hall–Kier alpha value is -2.95. The molecule has 0 aliphatic heterocycles. The van der Waals surface area contributed by atoms with Gasteiger partial charge in [0.05, 0.1) is 0 Å². The normalized spacial score (nSPS) is 10.5. The zero-order chi connectivity index (χ0) is 14.8. The maximum Gasteiger partial charge on any atom is 0.261 e. The van der Waals surface area contributed by atoms with E-state index in [4.69, 9.17) is 0 Å². The quantitative estimate of drug-likeness (QED) is 0.756. The van der Waals surface area contributed by atoms with Crippen LogP contribution in [0, 0.1) is 6.92 Å². The number of H-pyrrole nitrogens is 1. The van der Waals surface area contributed by atoms with Crippen molar-refractivity contribution in [3.05, 3.63) is 70.4 Å². The summed E-state index contributed by atoms with van der Waals surface area (Å²) in [5, 5.41) is 4.58. The molecule has 0 bridgehead atoms. The molecular weight excluding hydrogens is 266 g/mol. The topological polar surface area (TPSA) is 74.8 Å². The number of benzene rings is 1. The summed E-state index contributed by atoms with van der Waals surface area (Å²) in [5.74, 6) is -0.430. The highest BCUT2D eigenvalue weighted by Crippen LogP contribution is 2.22. The smallest absolute Gasteiger partial charge is 0.261 e. The Labute approximate surface area is 120 Å². The molecule has 2 aromatic heterocycles.